The van der Waals surface area contributed by atoms with Crippen LogP contribution in [0.15, 0.2) is 29.3 Å². The summed E-state index contributed by atoms with van der Waals surface area (Å²) in [6.45, 7) is 4.27. The Hall–Kier alpha value is -1.84. The van der Waals surface area contributed by atoms with Crippen molar-refractivity contribution in [2.75, 3.05) is 26.7 Å². The zero-order valence-corrected chi connectivity index (χ0v) is 17.6. The van der Waals surface area contributed by atoms with Crippen LogP contribution in [0.1, 0.15) is 35.7 Å². The molecule has 0 aromatic heterocycles. The van der Waals surface area contributed by atoms with Gasteiger partial charge in [-0.2, -0.15) is 0 Å². The van der Waals surface area contributed by atoms with Crippen LogP contribution in [0.25, 0.3) is 0 Å². The molecule has 1 aromatic rings. The first-order chi connectivity index (χ1) is 12.0. The van der Waals surface area contributed by atoms with Crippen LogP contribution < -0.4 is 11.1 Å². The summed E-state index contributed by atoms with van der Waals surface area (Å²) in [6.07, 6.45) is 1.78. The molecule has 1 aliphatic heterocycles. The third kappa shape index (κ3) is 6.15. The highest BCUT2D eigenvalue weighted by Gasteiger charge is 2.28. The number of hydrogen-bond donors (Lipinski definition) is 2. The highest BCUT2D eigenvalue weighted by atomic mass is 127. The standard InChI is InChI=1S/C18H26N4O3.HI/c1-3-25-17(24)15-5-4-10-22(12-15)18(20-2)21-11-13-6-8-14(9-7-13)16(19)23;/h6-9,15H,3-5,10-12H2,1-2H3,(H2,19,23)(H,20,21);1H. The number of aliphatic imine (C=N–C) groups is 1. The normalized spacial score (nSPS) is 17.2. The second-order valence-electron chi connectivity index (χ2n) is 6.00. The third-order valence-electron chi connectivity index (χ3n) is 4.24. The Balaban J connectivity index is 0.00000338. The molecule has 0 radical (unpaired) electrons. The molecule has 0 spiro atoms. The zero-order valence-electron chi connectivity index (χ0n) is 15.2. The Labute approximate surface area is 171 Å². The molecule has 1 fully saturated rings. The summed E-state index contributed by atoms with van der Waals surface area (Å²) >= 11 is 0. The Morgan fingerprint density at radius 3 is 2.62 bits per heavy atom. The van der Waals surface area contributed by atoms with Crippen LogP contribution in [-0.2, 0) is 16.1 Å². The van der Waals surface area contributed by atoms with Crippen molar-refractivity contribution in [2.24, 2.45) is 16.6 Å². The first kappa shape index (κ1) is 22.2. The van der Waals surface area contributed by atoms with Crippen LogP contribution in [0.5, 0.6) is 0 Å². The predicted octanol–water partition coefficient (Wildman–Crippen LogP) is 1.75. The number of rotatable bonds is 5. The maximum absolute atomic E-state index is 12.0. The van der Waals surface area contributed by atoms with Gasteiger partial charge < -0.3 is 20.7 Å². The molecule has 8 heteroatoms. The maximum atomic E-state index is 12.0. The second-order valence-corrected chi connectivity index (χ2v) is 6.00. The Morgan fingerprint density at radius 1 is 1.35 bits per heavy atom. The molecular weight excluding hydrogens is 447 g/mol. The molecule has 3 N–H and O–H groups in total. The number of nitrogens with two attached hydrogens (primary N) is 1. The number of guanidine groups is 1. The van der Waals surface area contributed by atoms with E-state index in [1.165, 1.54) is 0 Å². The van der Waals surface area contributed by atoms with E-state index in [4.69, 9.17) is 10.5 Å². The molecule has 144 valence electrons. The largest absolute Gasteiger partial charge is 0.466 e. The lowest BCUT2D eigenvalue weighted by Crippen LogP contribution is -2.48. The highest BCUT2D eigenvalue weighted by molar-refractivity contribution is 14.0. The van der Waals surface area contributed by atoms with Crippen molar-refractivity contribution in [2.45, 2.75) is 26.3 Å². The van der Waals surface area contributed by atoms with Gasteiger partial charge in [-0.05, 0) is 37.5 Å². The van der Waals surface area contributed by atoms with Crippen molar-refractivity contribution in [3.05, 3.63) is 35.4 Å². The molecule has 7 nitrogen and oxygen atoms in total. The van der Waals surface area contributed by atoms with Gasteiger partial charge >= 0.3 is 5.97 Å². The Morgan fingerprint density at radius 2 is 2.04 bits per heavy atom. The van der Waals surface area contributed by atoms with Crippen LogP contribution in [0.4, 0.5) is 0 Å². The zero-order chi connectivity index (χ0) is 18.2. The number of likely N-dealkylation sites (tertiary alicyclic amines) is 1. The molecule has 1 aromatic carbocycles. The SMILES string of the molecule is CCOC(=O)C1CCCN(C(=NC)NCc2ccc(C(N)=O)cc2)C1.I. The molecule has 2 rings (SSSR count). The molecular formula is C18H27IN4O3. The number of nitrogens with zero attached hydrogens (tertiary/aromatic N) is 2. The summed E-state index contributed by atoms with van der Waals surface area (Å²) in [5.74, 6) is 0.0772. The van der Waals surface area contributed by atoms with Gasteiger partial charge in [0, 0.05) is 32.2 Å². The van der Waals surface area contributed by atoms with E-state index < -0.39 is 5.91 Å². The first-order valence-corrected chi connectivity index (χ1v) is 8.56. The van der Waals surface area contributed by atoms with E-state index in [9.17, 15) is 9.59 Å². The fourth-order valence-corrected chi connectivity index (χ4v) is 2.92. The van der Waals surface area contributed by atoms with E-state index in [0.717, 1.165) is 30.9 Å². The quantitative estimate of drug-likeness (QED) is 0.294. The number of benzene rings is 1. The summed E-state index contributed by atoms with van der Waals surface area (Å²) in [7, 11) is 1.73. The molecule has 1 atom stereocenters. The number of piperidine rings is 1. The van der Waals surface area contributed by atoms with Gasteiger partial charge in [-0.1, -0.05) is 12.1 Å². The summed E-state index contributed by atoms with van der Waals surface area (Å²) in [5.41, 5.74) is 6.75. The van der Waals surface area contributed by atoms with Crippen LogP contribution in [0, 0.1) is 5.92 Å². The van der Waals surface area contributed by atoms with E-state index in [0.29, 0.717) is 25.3 Å². The van der Waals surface area contributed by atoms with Crippen molar-refractivity contribution >= 4 is 41.8 Å². The number of carbonyl (C=O) groups excluding carboxylic acids is 2. The average Bonchev–Trinajstić information content (AvgIpc) is 2.63. The number of carbonyl (C=O) groups is 2. The minimum Gasteiger partial charge on any atom is -0.466 e. The van der Waals surface area contributed by atoms with Crippen molar-refractivity contribution in [1.29, 1.82) is 0 Å². The molecule has 0 bridgehead atoms. The average molecular weight is 474 g/mol. The van der Waals surface area contributed by atoms with Gasteiger partial charge in [0.1, 0.15) is 0 Å². The van der Waals surface area contributed by atoms with Crippen LogP contribution in [-0.4, -0.2) is 49.5 Å². The highest BCUT2D eigenvalue weighted by Crippen LogP contribution is 2.18. The lowest BCUT2D eigenvalue weighted by atomic mass is 9.98. The summed E-state index contributed by atoms with van der Waals surface area (Å²) in [4.78, 5) is 29.5. The van der Waals surface area contributed by atoms with E-state index >= 15 is 0 Å². The van der Waals surface area contributed by atoms with Gasteiger partial charge in [0.25, 0.3) is 0 Å². The van der Waals surface area contributed by atoms with Crippen molar-refractivity contribution in [1.82, 2.24) is 10.2 Å². The van der Waals surface area contributed by atoms with E-state index in [-0.39, 0.29) is 35.9 Å². The number of amides is 1. The molecule has 26 heavy (non-hydrogen) atoms. The Kier molecular flexibility index (Phi) is 9.39. The minimum absolute atomic E-state index is 0. The summed E-state index contributed by atoms with van der Waals surface area (Å²) in [5, 5.41) is 3.30. The van der Waals surface area contributed by atoms with Gasteiger partial charge in [-0.25, -0.2) is 0 Å². The lowest BCUT2D eigenvalue weighted by molar-refractivity contribution is -0.149. The van der Waals surface area contributed by atoms with Gasteiger partial charge in [-0.15, -0.1) is 24.0 Å². The fourth-order valence-electron chi connectivity index (χ4n) is 2.92. The van der Waals surface area contributed by atoms with Crippen LogP contribution in [0.2, 0.25) is 0 Å². The van der Waals surface area contributed by atoms with E-state index in [2.05, 4.69) is 15.2 Å². The third-order valence-corrected chi connectivity index (χ3v) is 4.24. The van der Waals surface area contributed by atoms with Gasteiger partial charge in [-0.3, -0.25) is 14.6 Å². The predicted molar refractivity (Wildman–Crippen MR) is 112 cm³/mol. The van der Waals surface area contributed by atoms with Crippen molar-refractivity contribution in [3.63, 3.8) is 0 Å². The molecule has 0 aliphatic carbocycles. The maximum Gasteiger partial charge on any atom is 0.310 e. The van der Waals surface area contributed by atoms with Gasteiger partial charge in [0.05, 0.1) is 12.5 Å². The number of hydrogen-bond acceptors (Lipinski definition) is 4. The van der Waals surface area contributed by atoms with Gasteiger partial charge in [0.2, 0.25) is 5.91 Å². The number of esters is 1. The molecule has 0 saturated carbocycles. The fraction of sp³-hybridized carbons (Fsp3) is 0.500. The molecule has 1 amide bonds. The minimum atomic E-state index is -0.436. The van der Waals surface area contributed by atoms with Crippen molar-refractivity contribution in [3.8, 4) is 0 Å². The number of halogens is 1. The monoisotopic (exact) mass is 474 g/mol. The number of ether oxygens (including phenoxy) is 1. The molecule has 1 saturated heterocycles. The number of nitrogens with one attached hydrogen (secondary N) is 1. The topological polar surface area (TPSA) is 97.0 Å². The van der Waals surface area contributed by atoms with E-state index in [1.54, 1.807) is 19.2 Å². The van der Waals surface area contributed by atoms with E-state index in [1.807, 2.05) is 19.1 Å². The number of primary amides is 1. The van der Waals surface area contributed by atoms with Crippen LogP contribution in [0.3, 0.4) is 0 Å². The smallest absolute Gasteiger partial charge is 0.310 e. The summed E-state index contributed by atoms with van der Waals surface area (Å²) in [6, 6.07) is 7.13. The Bertz CT molecular complexity index is 634. The molecule has 1 heterocycles. The second kappa shape index (κ2) is 11.0. The van der Waals surface area contributed by atoms with Crippen molar-refractivity contribution < 1.29 is 14.3 Å². The molecule has 1 unspecified atom stereocenters. The first-order valence-electron chi connectivity index (χ1n) is 8.56. The molecule has 1 aliphatic rings. The lowest BCUT2D eigenvalue weighted by Gasteiger charge is -2.34. The van der Waals surface area contributed by atoms with Gasteiger partial charge in [0.15, 0.2) is 5.96 Å². The van der Waals surface area contributed by atoms with Crippen LogP contribution >= 0.6 is 24.0 Å². The summed E-state index contributed by atoms with van der Waals surface area (Å²) < 4.78 is 5.14.